The molecule has 0 aliphatic rings. The molecule has 1 aromatic carbocycles. The van der Waals surface area contributed by atoms with Crippen LogP contribution in [0.3, 0.4) is 0 Å². The molecule has 0 saturated heterocycles. The number of hydrogen-bond acceptors (Lipinski definition) is 3. The van der Waals surface area contributed by atoms with Gasteiger partial charge in [0.05, 0.1) is 0 Å². The van der Waals surface area contributed by atoms with Crippen molar-refractivity contribution in [2.75, 3.05) is 13.2 Å². The van der Waals surface area contributed by atoms with E-state index in [1.54, 1.807) is 6.20 Å². The second-order valence-corrected chi connectivity index (χ2v) is 4.74. The fourth-order valence-corrected chi connectivity index (χ4v) is 1.76. The summed E-state index contributed by atoms with van der Waals surface area (Å²) in [6.45, 7) is 2.26. The fourth-order valence-electron chi connectivity index (χ4n) is 1.50. The lowest BCUT2D eigenvalue weighted by Gasteiger charge is -2.06. The summed E-state index contributed by atoms with van der Waals surface area (Å²) in [4.78, 5) is 4.09. The summed E-state index contributed by atoms with van der Waals surface area (Å²) in [5, 5.41) is 3.32. The van der Waals surface area contributed by atoms with Gasteiger partial charge in [-0.3, -0.25) is 0 Å². The molecule has 1 heterocycles. The lowest BCUT2D eigenvalue weighted by atomic mass is 10.2. The largest absolute Gasteiger partial charge is 0.476 e. The van der Waals surface area contributed by atoms with Crippen LogP contribution in [-0.2, 0) is 6.54 Å². The van der Waals surface area contributed by atoms with Crippen LogP contribution in [0.5, 0.6) is 5.88 Å². The summed E-state index contributed by atoms with van der Waals surface area (Å²) in [5.74, 6) is 0.669. The van der Waals surface area contributed by atoms with Gasteiger partial charge in [-0.05, 0) is 23.8 Å². The Morgan fingerprint density at radius 1 is 1.11 bits per heavy atom. The minimum Gasteiger partial charge on any atom is -0.476 e. The molecule has 0 aliphatic carbocycles. The fraction of sp³-hybridized carbons (Fsp3) is 0.214. The normalized spacial score (nSPS) is 10.3. The first-order valence-corrected chi connectivity index (χ1v) is 6.63. The van der Waals surface area contributed by atoms with Crippen LogP contribution in [0.4, 0.5) is 0 Å². The molecule has 1 N–H and O–H groups in total. The van der Waals surface area contributed by atoms with Crippen LogP contribution < -0.4 is 10.1 Å². The Labute approximate surface area is 115 Å². The van der Waals surface area contributed by atoms with Crippen LogP contribution in [-0.4, -0.2) is 18.1 Å². The SMILES string of the molecule is Brc1ccc(CNCCOc2ccccn2)cc1. The van der Waals surface area contributed by atoms with Crippen molar-refractivity contribution < 1.29 is 4.74 Å². The van der Waals surface area contributed by atoms with Gasteiger partial charge in [-0.2, -0.15) is 0 Å². The second-order valence-electron chi connectivity index (χ2n) is 3.82. The van der Waals surface area contributed by atoms with E-state index in [9.17, 15) is 0 Å². The highest BCUT2D eigenvalue weighted by Crippen LogP contribution is 2.10. The molecule has 18 heavy (non-hydrogen) atoms. The summed E-state index contributed by atoms with van der Waals surface area (Å²) in [6.07, 6.45) is 1.73. The van der Waals surface area contributed by atoms with Crippen LogP contribution in [0.25, 0.3) is 0 Å². The Bertz CT molecular complexity index is 459. The number of nitrogens with one attached hydrogen (secondary N) is 1. The van der Waals surface area contributed by atoms with E-state index in [0.717, 1.165) is 17.6 Å². The molecule has 3 nitrogen and oxygen atoms in total. The molecule has 4 heteroatoms. The molecule has 0 unspecified atom stereocenters. The van der Waals surface area contributed by atoms with Gasteiger partial charge in [-0.15, -0.1) is 0 Å². The molecule has 2 rings (SSSR count). The van der Waals surface area contributed by atoms with E-state index in [2.05, 4.69) is 38.4 Å². The first kappa shape index (κ1) is 13.1. The summed E-state index contributed by atoms with van der Waals surface area (Å²) in [5.41, 5.74) is 1.26. The molecular weight excluding hydrogens is 292 g/mol. The van der Waals surface area contributed by atoms with E-state index in [1.807, 2.05) is 30.3 Å². The molecule has 2 aromatic rings. The van der Waals surface area contributed by atoms with Crippen LogP contribution in [0, 0.1) is 0 Å². The van der Waals surface area contributed by atoms with Crippen LogP contribution in [0.2, 0.25) is 0 Å². The molecule has 94 valence electrons. The zero-order valence-corrected chi connectivity index (χ0v) is 11.6. The van der Waals surface area contributed by atoms with Crippen LogP contribution in [0.15, 0.2) is 53.1 Å². The van der Waals surface area contributed by atoms with Gasteiger partial charge in [0.1, 0.15) is 6.61 Å². The first-order valence-electron chi connectivity index (χ1n) is 5.83. The van der Waals surface area contributed by atoms with E-state index in [0.29, 0.717) is 12.5 Å². The van der Waals surface area contributed by atoms with Gasteiger partial charge < -0.3 is 10.1 Å². The molecule has 0 atom stereocenters. The van der Waals surface area contributed by atoms with E-state index in [4.69, 9.17) is 4.74 Å². The molecule has 0 bridgehead atoms. The average Bonchev–Trinajstić information content (AvgIpc) is 2.42. The number of halogens is 1. The van der Waals surface area contributed by atoms with Crippen molar-refractivity contribution in [2.45, 2.75) is 6.54 Å². The maximum Gasteiger partial charge on any atom is 0.213 e. The van der Waals surface area contributed by atoms with Crippen molar-refractivity contribution in [2.24, 2.45) is 0 Å². The summed E-state index contributed by atoms with van der Waals surface area (Å²) in [7, 11) is 0. The van der Waals surface area contributed by atoms with Crippen molar-refractivity contribution in [3.8, 4) is 5.88 Å². The quantitative estimate of drug-likeness (QED) is 0.833. The van der Waals surface area contributed by atoms with Gasteiger partial charge in [0, 0.05) is 29.8 Å². The molecule has 0 radical (unpaired) electrons. The molecule has 0 amide bonds. The smallest absolute Gasteiger partial charge is 0.213 e. The minimum absolute atomic E-state index is 0.619. The zero-order chi connectivity index (χ0) is 12.6. The first-order chi connectivity index (χ1) is 8.84. The van der Waals surface area contributed by atoms with E-state index in [-0.39, 0.29) is 0 Å². The van der Waals surface area contributed by atoms with E-state index < -0.39 is 0 Å². The Hall–Kier alpha value is -1.39. The second kappa shape index (κ2) is 7.13. The van der Waals surface area contributed by atoms with Gasteiger partial charge in [0.25, 0.3) is 0 Å². The number of pyridine rings is 1. The average molecular weight is 307 g/mol. The third-order valence-corrected chi connectivity index (χ3v) is 2.94. The third kappa shape index (κ3) is 4.47. The number of ether oxygens (including phenoxy) is 1. The number of nitrogens with zero attached hydrogens (tertiary/aromatic N) is 1. The number of rotatable bonds is 6. The lowest BCUT2D eigenvalue weighted by molar-refractivity contribution is 0.302. The van der Waals surface area contributed by atoms with Crippen LogP contribution in [0.1, 0.15) is 5.56 Å². The Balaban J connectivity index is 1.63. The van der Waals surface area contributed by atoms with Crippen LogP contribution >= 0.6 is 15.9 Å². The Kier molecular flexibility index (Phi) is 5.17. The minimum atomic E-state index is 0.619. The van der Waals surface area contributed by atoms with Gasteiger partial charge in [-0.25, -0.2) is 4.98 Å². The maximum atomic E-state index is 5.48. The lowest BCUT2D eigenvalue weighted by Crippen LogP contribution is -2.20. The highest BCUT2D eigenvalue weighted by atomic mass is 79.9. The van der Waals surface area contributed by atoms with E-state index in [1.165, 1.54) is 5.56 Å². The van der Waals surface area contributed by atoms with Gasteiger partial charge >= 0.3 is 0 Å². The predicted octanol–water partition coefficient (Wildman–Crippen LogP) is 3.01. The highest BCUT2D eigenvalue weighted by Gasteiger charge is 1.94. The van der Waals surface area contributed by atoms with Crippen molar-refractivity contribution >= 4 is 15.9 Å². The number of benzene rings is 1. The van der Waals surface area contributed by atoms with Gasteiger partial charge in [0.15, 0.2) is 0 Å². The summed E-state index contributed by atoms with van der Waals surface area (Å²) >= 11 is 3.42. The maximum absolute atomic E-state index is 5.48. The number of hydrogen-bond donors (Lipinski definition) is 1. The van der Waals surface area contributed by atoms with Crippen molar-refractivity contribution in [1.82, 2.24) is 10.3 Å². The molecule has 0 fully saturated rings. The number of aromatic nitrogens is 1. The van der Waals surface area contributed by atoms with E-state index >= 15 is 0 Å². The highest BCUT2D eigenvalue weighted by molar-refractivity contribution is 9.10. The molecule has 1 aromatic heterocycles. The summed E-state index contributed by atoms with van der Waals surface area (Å²) in [6, 6.07) is 13.9. The topological polar surface area (TPSA) is 34.1 Å². The van der Waals surface area contributed by atoms with Crippen molar-refractivity contribution in [1.29, 1.82) is 0 Å². The zero-order valence-electron chi connectivity index (χ0n) is 9.97. The van der Waals surface area contributed by atoms with Crippen molar-refractivity contribution in [3.05, 3.63) is 58.7 Å². The summed E-state index contributed by atoms with van der Waals surface area (Å²) < 4.78 is 6.58. The molecule has 0 spiro atoms. The predicted molar refractivity (Wildman–Crippen MR) is 75.6 cm³/mol. The van der Waals surface area contributed by atoms with Gasteiger partial charge in [0.2, 0.25) is 5.88 Å². The molecule has 0 aliphatic heterocycles. The van der Waals surface area contributed by atoms with Gasteiger partial charge in [-0.1, -0.05) is 34.1 Å². The Morgan fingerprint density at radius 2 is 1.94 bits per heavy atom. The van der Waals surface area contributed by atoms with Crippen molar-refractivity contribution in [3.63, 3.8) is 0 Å². The molecular formula is C14H15BrN2O. The Morgan fingerprint density at radius 3 is 2.67 bits per heavy atom. The molecule has 0 saturated carbocycles. The third-order valence-electron chi connectivity index (χ3n) is 2.41. The monoisotopic (exact) mass is 306 g/mol. The standard InChI is InChI=1S/C14H15BrN2O/c15-13-6-4-12(5-7-13)11-16-9-10-18-14-3-1-2-8-17-14/h1-8,16H,9-11H2.